The molecular weight excluding hydrogens is 310 g/mol. The van der Waals surface area contributed by atoms with Gasteiger partial charge in [-0.3, -0.25) is 9.59 Å². The largest absolute Gasteiger partial charge is 0.355 e. The molecule has 0 radical (unpaired) electrons. The molecule has 0 unspecified atom stereocenters. The van der Waals surface area contributed by atoms with Crippen molar-refractivity contribution in [3.05, 3.63) is 57.8 Å². The fraction of sp³-hybridized carbons (Fsp3) is 0.235. The monoisotopic (exact) mass is 329 g/mol. The fourth-order valence-electron chi connectivity index (χ4n) is 1.92. The maximum Gasteiger partial charge on any atom is 0.249 e. The number of hydrazone groups is 1. The molecule has 2 aromatic rings. The minimum absolute atomic E-state index is 0.227. The SMILES string of the molecule is Cc1ccsc1/C=N\NC(=O)CC(=O)NCCc1ccccc1. The highest BCUT2D eigenvalue weighted by Gasteiger charge is 2.08. The van der Waals surface area contributed by atoms with Crippen LogP contribution in [0.1, 0.15) is 22.4 Å². The lowest BCUT2D eigenvalue weighted by Gasteiger charge is -2.04. The van der Waals surface area contributed by atoms with Crippen molar-refractivity contribution in [3.63, 3.8) is 0 Å². The zero-order valence-electron chi connectivity index (χ0n) is 12.9. The molecule has 5 nitrogen and oxygen atoms in total. The van der Waals surface area contributed by atoms with E-state index in [1.807, 2.05) is 48.7 Å². The van der Waals surface area contributed by atoms with Crippen LogP contribution in [0.2, 0.25) is 0 Å². The van der Waals surface area contributed by atoms with Gasteiger partial charge in [-0.25, -0.2) is 5.43 Å². The second-order valence-corrected chi connectivity index (χ2v) is 5.97. The molecule has 2 amide bonds. The molecule has 120 valence electrons. The van der Waals surface area contributed by atoms with Crippen molar-refractivity contribution >= 4 is 29.4 Å². The molecular formula is C17H19N3O2S. The molecule has 0 bridgehead atoms. The zero-order valence-corrected chi connectivity index (χ0v) is 13.7. The lowest BCUT2D eigenvalue weighted by Crippen LogP contribution is -2.31. The van der Waals surface area contributed by atoms with Crippen molar-refractivity contribution < 1.29 is 9.59 Å². The average molecular weight is 329 g/mol. The lowest BCUT2D eigenvalue weighted by atomic mass is 10.1. The molecule has 1 aromatic heterocycles. The maximum atomic E-state index is 11.7. The Morgan fingerprint density at radius 3 is 2.65 bits per heavy atom. The van der Waals surface area contributed by atoms with Gasteiger partial charge >= 0.3 is 0 Å². The number of nitrogens with one attached hydrogen (secondary N) is 2. The second kappa shape index (κ2) is 8.85. The number of thiophene rings is 1. The summed E-state index contributed by atoms with van der Waals surface area (Å²) in [5.74, 6) is -0.728. The summed E-state index contributed by atoms with van der Waals surface area (Å²) < 4.78 is 0. The van der Waals surface area contributed by atoms with E-state index in [0.717, 1.165) is 22.4 Å². The Labute approximate surface area is 139 Å². The quantitative estimate of drug-likeness (QED) is 0.465. The van der Waals surface area contributed by atoms with Crippen LogP contribution in [0.4, 0.5) is 0 Å². The number of hydrogen-bond donors (Lipinski definition) is 2. The standard InChI is InChI=1S/C17H19N3O2S/c1-13-8-10-23-15(13)12-19-20-17(22)11-16(21)18-9-7-14-5-3-2-4-6-14/h2-6,8,10,12H,7,9,11H2,1H3,(H,18,21)(H,20,22)/b19-12-. The van der Waals surface area contributed by atoms with Crippen LogP contribution in [0.25, 0.3) is 0 Å². The minimum Gasteiger partial charge on any atom is -0.355 e. The Kier molecular flexibility index (Phi) is 6.50. The summed E-state index contributed by atoms with van der Waals surface area (Å²) in [6, 6.07) is 11.8. The molecule has 0 saturated carbocycles. The second-order valence-electron chi connectivity index (χ2n) is 5.02. The van der Waals surface area contributed by atoms with Crippen LogP contribution >= 0.6 is 11.3 Å². The van der Waals surface area contributed by atoms with Crippen LogP contribution in [0, 0.1) is 6.92 Å². The van der Waals surface area contributed by atoms with Crippen LogP contribution in [-0.4, -0.2) is 24.6 Å². The molecule has 23 heavy (non-hydrogen) atoms. The number of carbonyl (C=O) groups excluding carboxylic acids is 2. The molecule has 6 heteroatoms. The number of aryl methyl sites for hydroxylation is 1. The first-order valence-electron chi connectivity index (χ1n) is 7.32. The van der Waals surface area contributed by atoms with Gasteiger partial charge in [-0.05, 0) is 35.9 Å². The molecule has 2 rings (SSSR count). The Hall–Kier alpha value is -2.47. The van der Waals surface area contributed by atoms with E-state index in [1.165, 1.54) is 0 Å². The van der Waals surface area contributed by atoms with E-state index in [-0.39, 0.29) is 12.3 Å². The highest BCUT2D eigenvalue weighted by molar-refractivity contribution is 7.11. The van der Waals surface area contributed by atoms with Crippen molar-refractivity contribution in [3.8, 4) is 0 Å². The molecule has 2 N–H and O–H groups in total. The van der Waals surface area contributed by atoms with Crippen molar-refractivity contribution in [1.29, 1.82) is 0 Å². The fourth-order valence-corrected chi connectivity index (χ4v) is 2.70. The summed E-state index contributed by atoms with van der Waals surface area (Å²) in [7, 11) is 0. The summed E-state index contributed by atoms with van der Waals surface area (Å²) in [5, 5.41) is 8.54. The van der Waals surface area contributed by atoms with Gasteiger partial charge in [0.2, 0.25) is 11.8 Å². The highest BCUT2D eigenvalue weighted by atomic mass is 32.1. The third-order valence-electron chi connectivity index (χ3n) is 3.17. The predicted molar refractivity (Wildman–Crippen MR) is 92.6 cm³/mol. The molecule has 0 atom stereocenters. The number of hydrogen-bond acceptors (Lipinski definition) is 4. The van der Waals surface area contributed by atoms with E-state index >= 15 is 0 Å². The van der Waals surface area contributed by atoms with Gasteiger partial charge in [-0.2, -0.15) is 5.10 Å². The maximum absolute atomic E-state index is 11.7. The molecule has 0 spiro atoms. The number of benzene rings is 1. The number of amides is 2. The lowest BCUT2D eigenvalue weighted by molar-refractivity contribution is -0.129. The molecule has 0 aliphatic carbocycles. The van der Waals surface area contributed by atoms with Gasteiger partial charge in [0.05, 0.1) is 6.21 Å². The van der Waals surface area contributed by atoms with Gasteiger partial charge in [-0.15, -0.1) is 11.3 Å². The molecule has 0 fully saturated rings. The first-order chi connectivity index (χ1) is 11.1. The summed E-state index contributed by atoms with van der Waals surface area (Å²) in [6.45, 7) is 2.48. The van der Waals surface area contributed by atoms with Crippen LogP contribution in [0.3, 0.4) is 0 Å². The third kappa shape index (κ3) is 6.04. The van der Waals surface area contributed by atoms with Crippen LogP contribution in [0.15, 0.2) is 46.9 Å². The first kappa shape index (κ1) is 16.9. The van der Waals surface area contributed by atoms with Gasteiger partial charge < -0.3 is 5.32 Å². The van der Waals surface area contributed by atoms with Crippen LogP contribution in [-0.2, 0) is 16.0 Å². The van der Waals surface area contributed by atoms with Crippen LogP contribution in [0.5, 0.6) is 0 Å². The van der Waals surface area contributed by atoms with E-state index in [9.17, 15) is 9.59 Å². The summed E-state index contributed by atoms with van der Waals surface area (Å²) >= 11 is 1.54. The van der Waals surface area contributed by atoms with Crippen molar-refractivity contribution in [2.75, 3.05) is 6.54 Å². The Bertz CT molecular complexity index is 680. The Morgan fingerprint density at radius 2 is 1.96 bits per heavy atom. The molecule has 1 aromatic carbocycles. The Balaban J connectivity index is 1.65. The van der Waals surface area contributed by atoms with Gasteiger partial charge in [0.15, 0.2) is 0 Å². The van der Waals surface area contributed by atoms with Gasteiger partial charge in [0.1, 0.15) is 6.42 Å². The summed E-state index contributed by atoms with van der Waals surface area (Å²) in [4.78, 5) is 24.3. The highest BCUT2D eigenvalue weighted by Crippen LogP contribution is 2.12. The van der Waals surface area contributed by atoms with Gasteiger partial charge in [-0.1, -0.05) is 30.3 Å². The van der Waals surface area contributed by atoms with E-state index < -0.39 is 5.91 Å². The number of rotatable bonds is 7. The van der Waals surface area contributed by atoms with Crippen molar-refractivity contribution in [2.45, 2.75) is 19.8 Å². The molecule has 0 saturated heterocycles. The smallest absolute Gasteiger partial charge is 0.249 e. The normalized spacial score (nSPS) is 10.7. The molecule has 0 aliphatic rings. The number of carbonyl (C=O) groups is 2. The summed E-state index contributed by atoms with van der Waals surface area (Å²) in [6.07, 6.45) is 2.10. The molecule has 1 heterocycles. The van der Waals surface area contributed by atoms with E-state index in [1.54, 1.807) is 17.6 Å². The van der Waals surface area contributed by atoms with E-state index in [4.69, 9.17) is 0 Å². The third-order valence-corrected chi connectivity index (χ3v) is 4.13. The van der Waals surface area contributed by atoms with Crippen molar-refractivity contribution in [2.24, 2.45) is 5.10 Å². The Morgan fingerprint density at radius 1 is 1.17 bits per heavy atom. The zero-order chi connectivity index (χ0) is 16.5. The van der Waals surface area contributed by atoms with E-state index in [2.05, 4.69) is 15.8 Å². The first-order valence-corrected chi connectivity index (χ1v) is 8.20. The van der Waals surface area contributed by atoms with Gasteiger partial charge in [0.25, 0.3) is 0 Å². The summed E-state index contributed by atoms with van der Waals surface area (Å²) in [5.41, 5.74) is 4.61. The van der Waals surface area contributed by atoms with E-state index in [0.29, 0.717) is 6.54 Å². The predicted octanol–water partition coefficient (Wildman–Crippen LogP) is 2.26. The molecule has 0 aliphatic heterocycles. The van der Waals surface area contributed by atoms with Crippen molar-refractivity contribution in [1.82, 2.24) is 10.7 Å². The average Bonchev–Trinajstić information content (AvgIpc) is 2.93. The minimum atomic E-state index is -0.423. The number of nitrogens with zero attached hydrogens (tertiary/aromatic N) is 1. The van der Waals surface area contributed by atoms with Gasteiger partial charge in [0, 0.05) is 11.4 Å². The van der Waals surface area contributed by atoms with Crippen LogP contribution < -0.4 is 10.7 Å². The topological polar surface area (TPSA) is 70.6 Å².